The van der Waals surface area contributed by atoms with Crippen LogP contribution in [0.5, 0.6) is 0 Å². The van der Waals surface area contributed by atoms with Gasteiger partial charge in [0.1, 0.15) is 11.2 Å². The van der Waals surface area contributed by atoms with E-state index in [0.717, 1.165) is 48.8 Å². The van der Waals surface area contributed by atoms with Crippen LogP contribution in [-0.2, 0) is 4.74 Å². The number of rotatable bonds is 5. The summed E-state index contributed by atoms with van der Waals surface area (Å²) in [4.78, 5) is 20.4. The lowest BCUT2D eigenvalue weighted by Crippen LogP contribution is -2.59. The van der Waals surface area contributed by atoms with Crippen molar-refractivity contribution in [1.29, 1.82) is 0 Å². The Balaban J connectivity index is 1.33. The molecule has 5 aliphatic carbocycles. The SMILES string of the molecule is O=C(OCC1CC1)c1cnc2[nH]ccc2c1N[C@@H]1[C@@H]2C[C@@H]3C[C@H]1C[C@](O)(C3)C2. The minimum absolute atomic E-state index is 0.285. The Bertz CT molecular complexity index is 918. The minimum Gasteiger partial charge on any atom is -0.462 e. The molecule has 3 N–H and O–H groups in total. The minimum atomic E-state index is -0.456. The molecule has 6 heteroatoms. The first-order chi connectivity index (χ1) is 13.6. The van der Waals surface area contributed by atoms with E-state index in [2.05, 4.69) is 15.3 Å². The van der Waals surface area contributed by atoms with Crippen LogP contribution < -0.4 is 5.32 Å². The van der Waals surface area contributed by atoms with E-state index in [1.165, 1.54) is 12.8 Å². The van der Waals surface area contributed by atoms with Crippen molar-refractivity contribution in [2.45, 2.75) is 56.6 Å². The first-order valence-corrected chi connectivity index (χ1v) is 10.7. The van der Waals surface area contributed by atoms with Crippen LogP contribution in [0.2, 0.25) is 0 Å². The van der Waals surface area contributed by atoms with Gasteiger partial charge in [-0.1, -0.05) is 0 Å². The molecule has 148 valence electrons. The number of nitrogens with one attached hydrogen (secondary N) is 2. The molecule has 5 fully saturated rings. The normalized spacial score (nSPS) is 36.0. The van der Waals surface area contributed by atoms with Crippen LogP contribution in [0.25, 0.3) is 11.0 Å². The summed E-state index contributed by atoms with van der Waals surface area (Å²) in [6, 6.07) is 2.28. The number of aromatic amines is 1. The molecule has 5 atom stereocenters. The van der Waals surface area contributed by atoms with Gasteiger partial charge in [0, 0.05) is 23.8 Å². The van der Waals surface area contributed by atoms with Crippen molar-refractivity contribution in [2.24, 2.45) is 23.7 Å². The third-order valence-electron chi connectivity index (χ3n) is 7.51. The molecule has 2 aromatic heterocycles. The standard InChI is InChI=1S/C22H27N3O3/c26-21(28-11-12-1-2-12)17-10-24-20-16(3-4-23-20)19(17)25-18-14-5-13-6-15(18)9-22(27,7-13)8-14/h3-4,10,12-15,18,27H,1-2,5-9,11H2,(H2,23,24,25)/t13-,14-,15+,18-,22+. The third-order valence-corrected chi connectivity index (χ3v) is 7.51. The van der Waals surface area contributed by atoms with Crippen LogP contribution in [-0.4, -0.2) is 39.3 Å². The summed E-state index contributed by atoms with van der Waals surface area (Å²) < 4.78 is 5.57. The van der Waals surface area contributed by atoms with Crippen molar-refractivity contribution in [1.82, 2.24) is 9.97 Å². The molecule has 0 spiro atoms. The van der Waals surface area contributed by atoms with Crippen LogP contribution in [0.3, 0.4) is 0 Å². The molecular formula is C22H27N3O3. The Labute approximate surface area is 164 Å². The zero-order chi connectivity index (χ0) is 18.9. The van der Waals surface area contributed by atoms with Gasteiger partial charge in [-0.05, 0) is 74.7 Å². The van der Waals surface area contributed by atoms with Crippen LogP contribution >= 0.6 is 0 Å². The number of ether oxygens (including phenoxy) is 1. The average Bonchev–Trinajstić information content (AvgIpc) is 3.36. The molecule has 2 aromatic rings. The number of aliphatic hydroxyl groups is 1. The Kier molecular flexibility index (Phi) is 3.58. The summed E-state index contributed by atoms with van der Waals surface area (Å²) in [7, 11) is 0. The molecule has 6 nitrogen and oxygen atoms in total. The van der Waals surface area contributed by atoms with E-state index in [9.17, 15) is 9.90 Å². The zero-order valence-corrected chi connectivity index (χ0v) is 16.0. The van der Waals surface area contributed by atoms with Gasteiger partial charge in [-0.3, -0.25) is 0 Å². The number of hydrogen-bond acceptors (Lipinski definition) is 5. The summed E-state index contributed by atoms with van der Waals surface area (Å²) >= 11 is 0. The van der Waals surface area contributed by atoms with Crippen LogP contribution in [0.1, 0.15) is 55.3 Å². The summed E-state index contributed by atoms with van der Waals surface area (Å²) in [5.41, 5.74) is 1.70. The van der Waals surface area contributed by atoms with E-state index in [-0.39, 0.29) is 5.97 Å². The number of carbonyl (C=O) groups is 1. The van der Waals surface area contributed by atoms with Gasteiger partial charge >= 0.3 is 5.97 Å². The third kappa shape index (κ3) is 2.72. The highest BCUT2D eigenvalue weighted by atomic mass is 16.5. The lowest BCUT2D eigenvalue weighted by atomic mass is 9.52. The van der Waals surface area contributed by atoms with E-state index < -0.39 is 5.60 Å². The molecule has 28 heavy (non-hydrogen) atoms. The van der Waals surface area contributed by atoms with Gasteiger partial charge in [0.25, 0.3) is 0 Å². The smallest absolute Gasteiger partial charge is 0.341 e. The van der Waals surface area contributed by atoms with Gasteiger partial charge < -0.3 is 20.1 Å². The van der Waals surface area contributed by atoms with Crippen LogP contribution in [0, 0.1) is 23.7 Å². The predicted octanol–water partition coefficient (Wildman–Crippen LogP) is 3.48. The lowest BCUT2D eigenvalue weighted by Gasteiger charge is -2.58. The van der Waals surface area contributed by atoms with E-state index in [1.807, 2.05) is 12.3 Å². The fourth-order valence-corrected chi connectivity index (χ4v) is 6.26. The van der Waals surface area contributed by atoms with Gasteiger partial charge in [0.2, 0.25) is 0 Å². The molecule has 2 heterocycles. The number of nitrogens with zero attached hydrogens (tertiary/aromatic N) is 1. The highest BCUT2D eigenvalue weighted by molar-refractivity contribution is 6.04. The first kappa shape index (κ1) is 16.8. The molecule has 0 amide bonds. The van der Waals surface area contributed by atoms with Gasteiger partial charge in [-0.25, -0.2) is 9.78 Å². The summed E-state index contributed by atoms with van der Waals surface area (Å²) in [6.07, 6.45) is 10.9. The average molecular weight is 381 g/mol. The Hall–Kier alpha value is -2.08. The molecule has 0 aromatic carbocycles. The van der Waals surface area contributed by atoms with E-state index in [4.69, 9.17) is 4.74 Å². The van der Waals surface area contributed by atoms with E-state index >= 15 is 0 Å². The number of hydrogen-bond donors (Lipinski definition) is 3. The van der Waals surface area contributed by atoms with E-state index in [1.54, 1.807) is 6.20 Å². The molecular weight excluding hydrogens is 354 g/mol. The maximum absolute atomic E-state index is 12.8. The molecule has 0 aliphatic heterocycles. The molecule has 0 unspecified atom stereocenters. The molecule has 7 rings (SSSR count). The Morgan fingerprint density at radius 2 is 2.07 bits per heavy atom. The molecule has 5 saturated carbocycles. The van der Waals surface area contributed by atoms with Gasteiger partial charge in [0.05, 0.1) is 17.9 Å². The topological polar surface area (TPSA) is 87.2 Å². The first-order valence-electron chi connectivity index (χ1n) is 10.7. The number of pyridine rings is 1. The quantitative estimate of drug-likeness (QED) is 0.690. The van der Waals surface area contributed by atoms with Crippen molar-refractivity contribution in [2.75, 3.05) is 11.9 Å². The number of esters is 1. The second kappa shape index (κ2) is 5.96. The summed E-state index contributed by atoms with van der Waals surface area (Å²) in [6.45, 7) is 0.507. The number of carbonyl (C=O) groups excluding carboxylic acids is 1. The Morgan fingerprint density at radius 1 is 1.29 bits per heavy atom. The maximum atomic E-state index is 12.8. The molecule has 4 bridgehead atoms. The van der Waals surface area contributed by atoms with Gasteiger partial charge in [0.15, 0.2) is 0 Å². The number of H-pyrrole nitrogens is 1. The Morgan fingerprint density at radius 3 is 2.79 bits per heavy atom. The largest absolute Gasteiger partial charge is 0.462 e. The van der Waals surface area contributed by atoms with Crippen molar-refractivity contribution < 1.29 is 14.6 Å². The second-order valence-corrected chi connectivity index (χ2v) is 9.69. The highest BCUT2D eigenvalue weighted by Gasteiger charge is 2.54. The maximum Gasteiger partial charge on any atom is 0.341 e. The summed E-state index contributed by atoms with van der Waals surface area (Å²) in [5, 5.41) is 15.6. The van der Waals surface area contributed by atoms with Crippen molar-refractivity contribution in [3.8, 4) is 0 Å². The molecule has 5 aliphatic rings. The fraction of sp³-hybridized carbons (Fsp3) is 0.636. The van der Waals surface area contributed by atoms with Crippen molar-refractivity contribution in [3.05, 3.63) is 24.0 Å². The highest BCUT2D eigenvalue weighted by Crippen LogP contribution is 2.56. The van der Waals surface area contributed by atoms with Gasteiger partial charge in [-0.2, -0.15) is 0 Å². The second-order valence-electron chi connectivity index (χ2n) is 9.69. The fourth-order valence-electron chi connectivity index (χ4n) is 6.26. The summed E-state index contributed by atoms with van der Waals surface area (Å²) in [5.74, 6) is 1.85. The van der Waals surface area contributed by atoms with E-state index in [0.29, 0.717) is 41.9 Å². The number of aromatic nitrogens is 2. The molecule has 0 saturated heterocycles. The van der Waals surface area contributed by atoms with Crippen LogP contribution in [0.15, 0.2) is 18.5 Å². The number of anilines is 1. The number of fused-ring (bicyclic) bond motifs is 1. The van der Waals surface area contributed by atoms with Gasteiger partial charge in [-0.15, -0.1) is 0 Å². The van der Waals surface area contributed by atoms with Crippen LogP contribution in [0.4, 0.5) is 5.69 Å². The van der Waals surface area contributed by atoms with Crippen molar-refractivity contribution in [3.63, 3.8) is 0 Å². The molecule has 0 radical (unpaired) electrons. The predicted molar refractivity (Wildman–Crippen MR) is 105 cm³/mol. The lowest BCUT2D eigenvalue weighted by molar-refractivity contribution is -0.129. The monoisotopic (exact) mass is 381 g/mol. The zero-order valence-electron chi connectivity index (χ0n) is 16.0. The van der Waals surface area contributed by atoms with Crippen molar-refractivity contribution >= 4 is 22.7 Å².